The van der Waals surface area contributed by atoms with Crippen LogP contribution >= 0.6 is 0 Å². The van der Waals surface area contributed by atoms with Gasteiger partial charge < -0.3 is 13.6 Å². The number of amides is 1. The maximum atomic E-state index is 13.2. The van der Waals surface area contributed by atoms with E-state index in [1.54, 1.807) is 36.4 Å². The number of fused-ring (bicyclic) bond motifs is 1. The summed E-state index contributed by atoms with van der Waals surface area (Å²) >= 11 is 0. The van der Waals surface area contributed by atoms with Gasteiger partial charge in [0.05, 0.1) is 23.0 Å². The Balaban J connectivity index is 0.00000289. The molecule has 0 saturated heterocycles. The van der Waals surface area contributed by atoms with Crippen molar-refractivity contribution in [3.63, 3.8) is 0 Å². The fourth-order valence-electron chi connectivity index (χ4n) is 3.28. The number of rotatable bonds is 5. The normalized spacial score (nSPS) is 11.2. The summed E-state index contributed by atoms with van der Waals surface area (Å²) in [6.45, 7) is 0. The van der Waals surface area contributed by atoms with E-state index in [4.69, 9.17) is 8.83 Å². The molecule has 5 rings (SSSR count). The Morgan fingerprint density at radius 3 is 2.49 bits per heavy atom. The van der Waals surface area contributed by atoms with Crippen molar-refractivity contribution in [3.8, 4) is 28.7 Å². The van der Waals surface area contributed by atoms with Gasteiger partial charge in [0.25, 0.3) is 11.8 Å². The summed E-state index contributed by atoms with van der Waals surface area (Å²) in [5.41, 5.74) is 1.49. The maximum Gasteiger partial charge on any atom is 0.573 e. The van der Waals surface area contributed by atoms with Crippen LogP contribution in [0.3, 0.4) is 0 Å². The first-order valence-corrected chi connectivity index (χ1v) is 9.80. The van der Waals surface area contributed by atoms with Gasteiger partial charge >= 0.3 is 12.4 Å². The number of pyridine rings is 1. The number of alkyl halides is 3. The largest absolute Gasteiger partial charge is 0.573 e. The Hall–Kier alpha value is -3.41. The first-order chi connectivity index (χ1) is 16.4. The summed E-state index contributed by atoms with van der Waals surface area (Å²) in [6.07, 6.45) is -3.47. The summed E-state index contributed by atoms with van der Waals surface area (Å²) in [7, 11) is 0. The van der Waals surface area contributed by atoms with Crippen molar-refractivity contribution in [1.82, 2.24) is 15.2 Å². The first-order valence-electron chi connectivity index (χ1n) is 9.80. The molecule has 35 heavy (non-hydrogen) atoms. The van der Waals surface area contributed by atoms with E-state index in [0.717, 1.165) is 12.1 Å². The molecule has 0 spiro atoms. The molecule has 0 saturated carbocycles. The van der Waals surface area contributed by atoms with Crippen molar-refractivity contribution in [2.45, 2.75) is 6.36 Å². The minimum absolute atomic E-state index is 0. The molecule has 178 valence electrons. The predicted octanol–water partition coefficient (Wildman–Crippen LogP) is 5.70. The number of aromatic nitrogens is 3. The van der Waals surface area contributed by atoms with E-state index >= 15 is 0 Å². The molecule has 0 atom stereocenters. The van der Waals surface area contributed by atoms with Gasteiger partial charge in [-0.25, -0.2) is 4.98 Å². The van der Waals surface area contributed by atoms with Crippen LogP contribution in [-0.2, 0) is 0 Å². The third-order valence-electron chi connectivity index (χ3n) is 4.71. The number of hydrogen-bond acceptors (Lipinski definition) is 7. The molecule has 3 aromatic heterocycles. The quantitative estimate of drug-likeness (QED) is 0.326. The van der Waals surface area contributed by atoms with Gasteiger partial charge in [0.2, 0.25) is 0 Å². The molecule has 0 aliphatic rings. The minimum Gasteiger partial charge on any atom is -0.459 e. The topological polar surface area (TPSA) is 103 Å². The van der Waals surface area contributed by atoms with E-state index in [2.05, 4.69) is 25.2 Å². The van der Waals surface area contributed by atoms with Gasteiger partial charge in [0, 0.05) is 48.7 Å². The Morgan fingerprint density at radius 2 is 1.77 bits per heavy atom. The van der Waals surface area contributed by atoms with Crippen molar-refractivity contribution in [1.29, 1.82) is 0 Å². The molecule has 0 bridgehead atoms. The van der Waals surface area contributed by atoms with Gasteiger partial charge in [-0.3, -0.25) is 10.1 Å². The molecule has 0 fully saturated rings. The Kier molecular flexibility index (Phi) is 7.10. The van der Waals surface area contributed by atoms with Gasteiger partial charge in [0.15, 0.2) is 5.76 Å². The second kappa shape index (κ2) is 10.1. The van der Waals surface area contributed by atoms with Crippen molar-refractivity contribution in [2.75, 3.05) is 5.32 Å². The van der Waals surface area contributed by atoms with Crippen LogP contribution in [-0.4, -0.2) is 27.5 Å². The zero-order valence-electron chi connectivity index (χ0n) is 17.4. The van der Waals surface area contributed by atoms with Crippen LogP contribution in [0.4, 0.5) is 19.2 Å². The number of furan rings is 1. The third kappa shape index (κ3) is 5.64. The van der Waals surface area contributed by atoms with Crippen molar-refractivity contribution >= 4 is 22.8 Å². The molecule has 2 aromatic carbocycles. The Morgan fingerprint density at radius 1 is 0.971 bits per heavy atom. The molecular weight excluding hydrogens is 493 g/mol. The molecule has 1 N–H and O–H groups in total. The SMILES string of the molecule is O=C(Nc1nnc(-c2ccco2)o1)c1cc(-c2ccccc2)nc2ccc(OC(F)(F)F)cc12.[Ar]. The molecule has 0 radical (unpaired) electrons. The number of nitrogens with zero attached hydrogens (tertiary/aromatic N) is 3. The van der Waals surface area contributed by atoms with E-state index in [-0.39, 0.29) is 60.6 Å². The van der Waals surface area contributed by atoms with E-state index in [0.29, 0.717) is 22.5 Å². The predicted molar refractivity (Wildman–Crippen MR) is 114 cm³/mol. The molecular formula is C23H13ArF3N4O4. The van der Waals surface area contributed by atoms with Crippen molar-refractivity contribution in [2.24, 2.45) is 0 Å². The number of hydrogen-bond donors (Lipinski definition) is 1. The van der Waals surface area contributed by atoms with Gasteiger partial charge in [-0.05, 0) is 36.4 Å². The second-order valence-electron chi connectivity index (χ2n) is 6.99. The summed E-state index contributed by atoms with van der Waals surface area (Å²) in [5, 5.41) is 10.2. The van der Waals surface area contributed by atoms with Gasteiger partial charge in [-0.1, -0.05) is 35.4 Å². The molecule has 5 aromatic rings. The minimum atomic E-state index is -4.89. The molecule has 1 amide bonds. The molecule has 0 aliphatic heterocycles. The van der Waals surface area contributed by atoms with Crippen LogP contribution in [0, 0.1) is 37.7 Å². The van der Waals surface area contributed by atoms with Gasteiger partial charge in [0.1, 0.15) is 5.75 Å². The first kappa shape index (κ1) is 24.7. The number of carbonyl (C=O) groups is 1. The van der Waals surface area contributed by atoms with Gasteiger partial charge in [-0.15, -0.1) is 18.3 Å². The van der Waals surface area contributed by atoms with E-state index in [1.165, 1.54) is 18.4 Å². The number of carbonyl (C=O) groups excluding carboxylic acids is 1. The van der Waals surface area contributed by atoms with E-state index < -0.39 is 18.0 Å². The standard InChI is InChI=1S/C23H13F3N4O4.Ar/c24-23(25,26)34-14-8-9-17-15(11-14)16(12-18(27-17)13-5-2-1-3-6-13)20(31)28-22-30-29-21(33-22)19-7-4-10-32-19;/h1-12H,(H,28,30,31);. The van der Waals surface area contributed by atoms with E-state index in [1.807, 2.05) is 6.07 Å². The molecule has 0 unspecified atom stereocenters. The van der Waals surface area contributed by atoms with E-state index in [9.17, 15) is 18.0 Å². The number of anilines is 1. The van der Waals surface area contributed by atoms with Crippen LogP contribution in [0.2, 0.25) is 0 Å². The Labute approximate surface area is 225 Å². The summed E-state index contributed by atoms with van der Waals surface area (Å²) < 4.78 is 52.8. The summed E-state index contributed by atoms with van der Waals surface area (Å²) in [6, 6.07) is 17.1. The second-order valence-corrected chi connectivity index (χ2v) is 6.99. The van der Waals surface area contributed by atoms with Crippen LogP contribution in [0.15, 0.2) is 81.8 Å². The van der Waals surface area contributed by atoms with Crippen LogP contribution in [0.5, 0.6) is 5.75 Å². The zero-order chi connectivity index (χ0) is 23.7. The van der Waals surface area contributed by atoms with Crippen molar-refractivity contribution in [3.05, 3.63) is 78.6 Å². The third-order valence-corrected chi connectivity index (χ3v) is 4.71. The average Bonchev–Trinajstić information content (AvgIpc) is 3.50. The zero-order valence-corrected chi connectivity index (χ0v) is 18.1. The molecule has 3 heterocycles. The summed E-state index contributed by atoms with van der Waals surface area (Å²) in [5.74, 6) is -0.821. The monoisotopic (exact) mass is 506 g/mol. The van der Waals surface area contributed by atoms with Crippen LogP contribution in [0.25, 0.3) is 33.8 Å². The smallest absolute Gasteiger partial charge is 0.459 e. The maximum absolute atomic E-state index is 13.2. The molecule has 12 heteroatoms. The number of benzene rings is 2. The van der Waals surface area contributed by atoms with Gasteiger partial charge in [-0.2, -0.15) is 0 Å². The number of ether oxygens (including phenoxy) is 1. The number of halogens is 3. The van der Waals surface area contributed by atoms with Crippen LogP contribution in [0.1, 0.15) is 10.4 Å². The molecule has 0 aliphatic carbocycles. The fourth-order valence-corrected chi connectivity index (χ4v) is 3.28. The Bertz CT molecular complexity index is 1470. The van der Waals surface area contributed by atoms with Crippen LogP contribution < -0.4 is 10.1 Å². The molecule has 8 nitrogen and oxygen atoms in total. The number of nitrogens with one attached hydrogen (secondary N) is 1. The average molecular weight is 506 g/mol. The fraction of sp³-hybridized carbons (Fsp3) is 0.0435. The van der Waals surface area contributed by atoms with Crippen molar-refractivity contribution < 1.29 is 69.3 Å². The summed E-state index contributed by atoms with van der Waals surface area (Å²) in [4.78, 5) is 17.6.